The number of amides is 4. The molecule has 72 heavy (non-hydrogen) atoms. The van der Waals surface area contributed by atoms with Crippen molar-refractivity contribution in [3.63, 3.8) is 0 Å². The van der Waals surface area contributed by atoms with E-state index in [0.29, 0.717) is 19.8 Å². The summed E-state index contributed by atoms with van der Waals surface area (Å²) < 4.78 is 32.7. The van der Waals surface area contributed by atoms with Crippen LogP contribution in [-0.2, 0) is 62.2 Å². The molecular weight excluding hydrogens is 946 g/mol. The quantitative estimate of drug-likeness (QED) is 0.0142. The summed E-state index contributed by atoms with van der Waals surface area (Å²) in [6, 6.07) is 27.4. The highest BCUT2D eigenvalue weighted by molar-refractivity contribution is 6.14. The van der Waals surface area contributed by atoms with Crippen LogP contribution >= 0.6 is 11.8 Å². The third-order valence-electron chi connectivity index (χ3n) is 11.2. The topological polar surface area (TPSA) is 217 Å². The van der Waals surface area contributed by atoms with Gasteiger partial charge >= 0.3 is 18.2 Å². The highest BCUT2D eigenvalue weighted by Gasteiger charge is 2.39. The number of nitrogens with zero attached hydrogens (tertiary/aromatic N) is 2. The second kappa shape index (κ2) is 30.0. The zero-order valence-electron chi connectivity index (χ0n) is 42.6. The minimum absolute atomic E-state index is 0.0626. The van der Waals surface area contributed by atoms with Gasteiger partial charge < -0.3 is 44.4 Å². The number of pyridine rings is 1. The maximum Gasteiger partial charge on any atom is 0.407 e. The molecule has 0 aliphatic rings. The van der Waals surface area contributed by atoms with E-state index in [-0.39, 0.29) is 45.8 Å². The Balaban J connectivity index is 1.75. The van der Waals surface area contributed by atoms with Crippen molar-refractivity contribution in [1.82, 2.24) is 36.2 Å². The molecule has 0 fully saturated rings. The first-order valence-electron chi connectivity index (χ1n) is 23.8. The van der Waals surface area contributed by atoms with Gasteiger partial charge in [0.2, 0.25) is 5.91 Å². The normalized spacial score (nSPS) is 13.7. The third kappa shape index (κ3) is 20.5. The summed E-state index contributed by atoms with van der Waals surface area (Å²) in [5, 5.41) is 10.1. The summed E-state index contributed by atoms with van der Waals surface area (Å²) in [6.07, 6.45) is -0.879. The van der Waals surface area contributed by atoms with Crippen molar-refractivity contribution in [2.75, 3.05) is 60.4 Å². The lowest BCUT2D eigenvalue weighted by atomic mass is 9.85. The molecule has 18 nitrogen and oxygen atoms in total. The summed E-state index contributed by atoms with van der Waals surface area (Å²) in [6.45, 7) is 12.1. The standard InChI is InChI=1S/C53H72ClN7O11/c1-52(2,3)45(58-51(66)71-32-31-70-30-29-69-28-27-67-7)47(62)56-42(33-37-17-11-9-12-18-37)44(72-49(64)43(59-54)34-38-19-13-10-14-20-38)36-61(60-48(63)46(53(4,5)6)57-50(65)68-8)35-39-22-24-40(25-23-39)41-21-15-16-26-55-41/h9-26,42-46,59H,27-36H2,1-8H3,(H,56,62)(H,57,65)(H,58,66)(H,60,63)/t42-,43-,44-,45+,46+/m0/s1. The molecule has 4 rings (SSSR count). The molecule has 0 aliphatic heterocycles. The van der Waals surface area contributed by atoms with Gasteiger partial charge in [0.05, 0.1) is 58.4 Å². The number of ether oxygens (including phenoxy) is 6. The Labute approximate surface area is 428 Å². The van der Waals surface area contributed by atoms with Gasteiger partial charge in [-0.2, -0.15) is 0 Å². The molecule has 19 heteroatoms. The number of carbonyl (C=O) groups excluding carboxylic acids is 5. The van der Waals surface area contributed by atoms with Gasteiger partial charge in [0.15, 0.2) is 0 Å². The van der Waals surface area contributed by atoms with Gasteiger partial charge in [0.25, 0.3) is 5.91 Å². The number of nitrogens with one attached hydrogen (secondary N) is 5. The lowest BCUT2D eigenvalue weighted by Gasteiger charge is -2.37. The predicted molar refractivity (Wildman–Crippen MR) is 273 cm³/mol. The smallest absolute Gasteiger partial charge is 0.407 e. The van der Waals surface area contributed by atoms with Crippen molar-refractivity contribution in [3.05, 3.63) is 126 Å². The number of alkyl carbamates (subject to hydrolysis) is 2. The summed E-state index contributed by atoms with van der Waals surface area (Å²) in [7, 11) is 2.79. The monoisotopic (exact) mass is 1020 g/mol. The number of rotatable bonds is 28. The summed E-state index contributed by atoms with van der Waals surface area (Å²) in [4.78, 5) is 76.6. The van der Waals surface area contributed by atoms with E-state index in [2.05, 4.69) is 31.2 Å². The van der Waals surface area contributed by atoms with Gasteiger partial charge in [-0.15, -0.1) is 0 Å². The van der Waals surface area contributed by atoms with Crippen LogP contribution in [0.1, 0.15) is 58.2 Å². The van der Waals surface area contributed by atoms with Crippen molar-refractivity contribution < 1.29 is 52.4 Å². The molecule has 0 aliphatic carbocycles. The molecule has 0 saturated carbocycles. The molecule has 4 amide bonds. The molecule has 0 radical (unpaired) electrons. The Hall–Kier alpha value is -6.15. The number of hydrogen-bond acceptors (Lipinski definition) is 14. The van der Waals surface area contributed by atoms with Crippen LogP contribution in [0, 0.1) is 10.8 Å². The zero-order valence-corrected chi connectivity index (χ0v) is 43.4. The molecule has 3 aromatic carbocycles. The molecule has 392 valence electrons. The minimum Gasteiger partial charge on any atom is -0.458 e. The summed E-state index contributed by atoms with van der Waals surface area (Å²) in [5.74, 6) is -1.93. The van der Waals surface area contributed by atoms with Crippen LogP contribution in [0.2, 0.25) is 0 Å². The number of hydrazine groups is 1. The van der Waals surface area contributed by atoms with Gasteiger partial charge in [-0.1, -0.05) is 133 Å². The van der Waals surface area contributed by atoms with Crippen LogP contribution in [0.4, 0.5) is 9.59 Å². The number of aromatic nitrogens is 1. The predicted octanol–water partition coefficient (Wildman–Crippen LogP) is 6.17. The molecule has 1 aromatic heterocycles. The fourth-order valence-electron chi connectivity index (χ4n) is 7.37. The average molecular weight is 1020 g/mol. The first-order chi connectivity index (χ1) is 34.4. The van der Waals surface area contributed by atoms with Gasteiger partial charge in [-0.05, 0) is 64.3 Å². The molecule has 4 aromatic rings. The molecule has 0 unspecified atom stereocenters. The number of halogens is 1. The van der Waals surface area contributed by atoms with Gasteiger partial charge in [0.1, 0.15) is 30.8 Å². The van der Waals surface area contributed by atoms with Gasteiger partial charge in [0, 0.05) is 25.4 Å². The fraction of sp³-hybridized carbons (Fsp3) is 0.472. The van der Waals surface area contributed by atoms with E-state index in [1.807, 2.05) is 103 Å². The summed E-state index contributed by atoms with van der Waals surface area (Å²) in [5.41, 5.74) is 5.29. The summed E-state index contributed by atoms with van der Waals surface area (Å²) >= 11 is 6.28. The number of esters is 1. The van der Waals surface area contributed by atoms with E-state index in [9.17, 15) is 24.0 Å². The van der Waals surface area contributed by atoms with Crippen LogP contribution in [0.5, 0.6) is 0 Å². The minimum atomic E-state index is -1.22. The van der Waals surface area contributed by atoms with E-state index >= 15 is 0 Å². The van der Waals surface area contributed by atoms with Crippen LogP contribution in [0.25, 0.3) is 11.3 Å². The Morgan fingerprint density at radius 3 is 1.74 bits per heavy atom. The van der Waals surface area contributed by atoms with E-state index < -0.39 is 71.1 Å². The number of hydrogen-bond donors (Lipinski definition) is 5. The Kier molecular flexibility index (Phi) is 24.4. The van der Waals surface area contributed by atoms with Crippen LogP contribution in [0.15, 0.2) is 109 Å². The van der Waals surface area contributed by atoms with Crippen molar-refractivity contribution >= 4 is 41.7 Å². The van der Waals surface area contributed by atoms with Crippen molar-refractivity contribution in [2.45, 2.75) is 91.2 Å². The molecule has 5 N–H and O–H groups in total. The highest BCUT2D eigenvalue weighted by Crippen LogP contribution is 2.24. The molecule has 0 spiro atoms. The van der Waals surface area contributed by atoms with Crippen molar-refractivity contribution in [2.24, 2.45) is 10.8 Å². The van der Waals surface area contributed by atoms with E-state index in [1.165, 1.54) is 7.11 Å². The highest BCUT2D eigenvalue weighted by atomic mass is 35.5. The van der Waals surface area contributed by atoms with Gasteiger partial charge in [-0.25, -0.2) is 19.4 Å². The van der Waals surface area contributed by atoms with Crippen LogP contribution in [0.3, 0.4) is 0 Å². The van der Waals surface area contributed by atoms with Gasteiger partial charge in [-0.3, -0.25) is 24.8 Å². The molecule has 1 heterocycles. The number of benzene rings is 3. The Morgan fingerprint density at radius 1 is 0.625 bits per heavy atom. The molecule has 5 atom stereocenters. The Bertz CT molecular complexity index is 2250. The third-order valence-corrected chi connectivity index (χ3v) is 11.5. The van der Waals surface area contributed by atoms with Crippen LogP contribution < -0.4 is 26.2 Å². The Morgan fingerprint density at radius 2 is 1.18 bits per heavy atom. The SMILES string of the molecule is COCCOCCOCCOC(=O)N[C@H](C(=O)N[C@@H](Cc1ccccc1)[C@H](CN(Cc1ccc(-c2ccccn2)cc1)NC(=O)[C@@H](NC(=O)OC)C(C)(C)C)OC(=O)[C@H](Cc1ccccc1)NCl)C(C)(C)C. The number of methoxy groups -OCH3 is 2. The largest absolute Gasteiger partial charge is 0.458 e. The van der Waals surface area contributed by atoms with E-state index in [4.69, 9.17) is 40.2 Å². The number of carbonyl (C=O) groups is 5. The lowest BCUT2D eigenvalue weighted by Crippen LogP contribution is -2.61. The average Bonchev–Trinajstić information content (AvgIpc) is 3.35. The maximum absolute atomic E-state index is 14.8. The van der Waals surface area contributed by atoms with E-state index in [1.54, 1.807) is 59.9 Å². The van der Waals surface area contributed by atoms with Crippen molar-refractivity contribution in [1.29, 1.82) is 0 Å². The van der Waals surface area contributed by atoms with E-state index in [0.717, 1.165) is 27.9 Å². The first-order valence-corrected chi connectivity index (χ1v) is 24.2. The maximum atomic E-state index is 14.8. The second-order valence-corrected chi connectivity index (χ2v) is 19.4. The molecule has 0 saturated heterocycles. The second-order valence-electron chi connectivity index (χ2n) is 19.1. The first kappa shape index (κ1) is 58.4. The van der Waals surface area contributed by atoms with Crippen LogP contribution in [-0.4, -0.2) is 131 Å². The molecule has 0 bridgehead atoms. The molecular formula is C53H72ClN7O11. The van der Waals surface area contributed by atoms with Crippen molar-refractivity contribution in [3.8, 4) is 11.3 Å². The lowest BCUT2D eigenvalue weighted by molar-refractivity contribution is -0.156. The zero-order chi connectivity index (χ0) is 52.5. The fourth-order valence-corrected chi connectivity index (χ4v) is 7.54.